The largest absolute Gasteiger partial charge is 0.493 e. The van der Waals surface area contributed by atoms with E-state index in [-0.39, 0.29) is 5.91 Å². The van der Waals surface area contributed by atoms with Crippen LogP contribution >= 0.6 is 11.3 Å². The molecule has 0 unspecified atom stereocenters. The number of benzene rings is 1. The van der Waals surface area contributed by atoms with Gasteiger partial charge >= 0.3 is 0 Å². The molecule has 1 amide bonds. The lowest BCUT2D eigenvalue weighted by Gasteiger charge is -2.15. The molecule has 1 aromatic heterocycles. The van der Waals surface area contributed by atoms with Crippen molar-refractivity contribution in [2.75, 3.05) is 26.6 Å². The molecule has 0 aliphatic heterocycles. The van der Waals surface area contributed by atoms with Crippen LogP contribution in [0.15, 0.2) is 29.0 Å². The average molecular weight is 293 g/mol. The first kappa shape index (κ1) is 14.2. The molecule has 0 spiro atoms. The molecule has 0 radical (unpaired) electrons. The second-order valence-corrected chi connectivity index (χ2v) is 4.63. The van der Waals surface area contributed by atoms with Gasteiger partial charge in [0.25, 0.3) is 5.91 Å². The molecule has 20 heavy (non-hydrogen) atoms. The number of thiophene rings is 1. The molecule has 0 saturated heterocycles. The summed E-state index contributed by atoms with van der Waals surface area (Å²) in [5.41, 5.74) is 1.13. The smallest absolute Gasteiger partial charge is 0.259 e. The van der Waals surface area contributed by atoms with E-state index in [2.05, 4.69) is 5.32 Å². The fourth-order valence-electron chi connectivity index (χ4n) is 1.81. The van der Waals surface area contributed by atoms with Gasteiger partial charge in [0.05, 0.1) is 32.6 Å². The van der Waals surface area contributed by atoms with Crippen molar-refractivity contribution in [3.8, 4) is 17.2 Å². The first-order valence-electron chi connectivity index (χ1n) is 5.83. The Morgan fingerprint density at radius 2 is 1.80 bits per heavy atom. The summed E-state index contributed by atoms with van der Waals surface area (Å²) in [6.07, 6.45) is 0. The molecule has 1 aromatic carbocycles. The van der Waals surface area contributed by atoms with Gasteiger partial charge < -0.3 is 19.5 Å². The first-order valence-corrected chi connectivity index (χ1v) is 6.78. The lowest BCUT2D eigenvalue weighted by molar-refractivity contribution is 0.102. The maximum atomic E-state index is 12.3. The Labute approximate surface area is 121 Å². The van der Waals surface area contributed by atoms with Gasteiger partial charge in [0.15, 0.2) is 11.5 Å². The third-order valence-corrected chi connectivity index (χ3v) is 3.41. The van der Waals surface area contributed by atoms with Crippen molar-refractivity contribution < 1.29 is 19.0 Å². The molecule has 2 aromatic rings. The summed E-state index contributed by atoms with van der Waals surface area (Å²) in [6, 6.07) is 5.14. The minimum Gasteiger partial charge on any atom is -0.493 e. The van der Waals surface area contributed by atoms with Crippen molar-refractivity contribution in [3.05, 3.63) is 34.5 Å². The van der Waals surface area contributed by atoms with E-state index in [0.717, 1.165) is 5.69 Å². The number of anilines is 1. The average Bonchev–Trinajstić information content (AvgIpc) is 2.98. The molecule has 2 rings (SSSR count). The molecule has 0 aliphatic rings. The van der Waals surface area contributed by atoms with E-state index in [9.17, 15) is 4.79 Å². The van der Waals surface area contributed by atoms with Crippen LogP contribution in [0, 0.1) is 0 Å². The van der Waals surface area contributed by atoms with Crippen LogP contribution in [0.3, 0.4) is 0 Å². The van der Waals surface area contributed by atoms with Crippen molar-refractivity contribution >= 4 is 22.9 Å². The van der Waals surface area contributed by atoms with E-state index in [0.29, 0.717) is 22.8 Å². The Morgan fingerprint density at radius 1 is 1.05 bits per heavy atom. The van der Waals surface area contributed by atoms with Gasteiger partial charge in [-0.15, -0.1) is 0 Å². The number of hydrogen-bond acceptors (Lipinski definition) is 5. The molecule has 106 valence electrons. The monoisotopic (exact) mass is 293 g/mol. The number of nitrogens with one attached hydrogen (secondary N) is 1. The van der Waals surface area contributed by atoms with Crippen molar-refractivity contribution in [3.63, 3.8) is 0 Å². The SMILES string of the molecule is COc1ccc(C(=O)Nc2ccsc2)c(OC)c1OC. The molecule has 5 nitrogen and oxygen atoms in total. The molecule has 0 atom stereocenters. The summed E-state index contributed by atoms with van der Waals surface area (Å²) in [4.78, 5) is 12.3. The predicted octanol–water partition coefficient (Wildman–Crippen LogP) is 3.03. The van der Waals surface area contributed by atoms with Crippen LogP contribution in [-0.4, -0.2) is 27.2 Å². The zero-order valence-corrected chi connectivity index (χ0v) is 12.2. The summed E-state index contributed by atoms with van der Waals surface area (Å²) in [6.45, 7) is 0. The quantitative estimate of drug-likeness (QED) is 0.920. The zero-order chi connectivity index (χ0) is 14.5. The normalized spacial score (nSPS) is 9.95. The minimum absolute atomic E-state index is 0.263. The lowest BCUT2D eigenvalue weighted by Crippen LogP contribution is -2.13. The van der Waals surface area contributed by atoms with Crippen LogP contribution in [0.5, 0.6) is 17.2 Å². The topological polar surface area (TPSA) is 56.8 Å². The molecule has 6 heteroatoms. The highest BCUT2D eigenvalue weighted by Crippen LogP contribution is 2.39. The van der Waals surface area contributed by atoms with Crippen molar-refractivity contribution in [1.29, 1.82) is 0 Å². The Kier molecular flexibility index (Phi) is 4.47. The predicted molar refractivity (Wildman–Crippen MR) is 78.4 cm³/mol. The maximum Gasteiger partial charge on any atom is 0.259 e. The number of rotatable bonds is 5. The number of hydrogen-bond donors (Lipinski definition) is 1. The molecule has 1 N–H and O–H groups in total. The fourth-order valence-corrected chi connectivity index (χ4v) is 2.40. The van der Waals surface area contributed by atoms with E-state index >= 15 is 0 Å². The van der Waals surface area contributed by atoms with Gasteiger partial charge in [-0.25, -0.2) is 0 Å². The van der Waals surface area contributed by atoms with E-state index in [1.807, 2.05) is 16.8 Å². The number of carbonyl (C=O) groups is 1. The zero-order valence-electron chi connectivity index (χ0n) is 11.4. The van der Waals surface area contributed by atoms with Crippen molar-refractivity contribution in [2.24, 2.45) is 0 Å². The van der Waals surface area contributed by atoms with Gasteiger partial charge in [-0.3, -0.25) is 4.79 Å². The third kappa shape index (κ3) is 2.70. The summed E-state index contributed by atoms with van der Waals surface area (Å²) in [5.74, 6) is 0.991. The number of amides is 1. The van der Waals surface area contributed by atoms with E-state index in [4.69, 9.17) is 14.2 Å². The maximum absolute atomic E-state index is 12.3. The molecule has 0 saturated carbocycles. The Morgan fingerprint density at radius 3 is 2.35 bits per heavy atom. The fraction of sp³-hybridized carbons (Fsp3) is 0.214. The van der Waals surface area contributed by atoms with E-state index in [1.54, 1.807) is 12.1 Å². The summed E-state index contributed by atoms with van der Waals surface area (Å²) in [5, 5.41) is 6.54. The Balaban J connectivity index is 2.38. The second kappa shape index (κ2) is 6.29. The van der Waals surface area contributed by atoms with Gasteiger partial charge in [-0.05, 0) is 23.6 Å². The second-order valence-electron chi connectivity index (χ2n) is 3.85. The third-order valence-electron chi connectivity index (χ3n) is 2.73. The van der Waals surface area contributed by atoms with Gasteiger partial charge in [-0.2, -0.15) is 11.3 Å². The molecular weight excluding hydrogens is 278 g/mol. The van der Waals surface area contributed by atoms with Crippen LogP contribution in [-0.2, 0) is 0 Å². The Hall–Kier alpha value is -2.21. The van der Waals surface area contributed by atoms with Crippen LogP contribution in [0.25, 0.3) is 0 Å². The van der Waals surface area contributed by atoms with Gasteiger partial charge in [0, 0.05) is 5.38 Å². The molecule has 0 fully saturated rings. The van der Waals surface area contributed by atoms with Gasteiger partial charge in [0.1, 0.15) is 0 Å². The summed E-state index contributed by atoms with van der Waals surface area (Å²) in [7, 11) is 4.52. The molecule has 0 bridgehead atoms. The highest BCUT2D eigenvalue weighted by atomic mass is 32.1. The molecule has 1 heterocycles. The van der Waals surface area contributed by atoms with Crippen LogP contribution < -0.4 is 19.5 Å². The van der Waals surface area contributed by atoms with Crippen LogP contribution in [0.1, 0.15) is 10.4 Å². The van der Waals surface area contributed by atoms with Crippen LogP contribution in [0.2, 0.25) is 0 Å². The Bertz CT molecular complexity index is 595. The standard InChI is InChI=1S/C14H15NO4S/c1-17-11-5-4-10(12(18-2)13(11)19-3)14(16)15-9-6-7-20-8-9/h4-8H,1-3H3,(H,15,16). The first-order chi connectivity index (χ1) is 9.71. The molecular formula is C14H15NO4S. The minimum atomic E-state index is -0.263. The summed E-state index contributed by atoms with van der Waals surface area (Å²) >= 11 is 1.51. The van der Waals surface area contributed by atoms with Crippen molar-refractivity contribution in [2.45, 2.75) is 0 Å². The van der Waals surface area contributed by atoms with E-state index in [1.165, 1.54) is 32.7 Å². The highest BCUT2D eigenvalue weighted by Gasteiger charge is 2.20. The van der Waals surface area contributed by atoms with Gasteiger partial charge in [0.2, 0.25) is 5.75 Å². The van der Waals surface area contributed by atoms with E-state index < -0.39 is 0 Å². The molecule has 0 aliphatic carbocycles. The van der Waals surface area contributed by atoms with Gasteiger partial charge in [-0.1, -0.05) is 0 Å². The lowest BCUT2D eigenvalue weighted by atomic mass is 10.1. The summed E-state index contributed by atoms with van der Waals surface area (Å²) < 4.78 is 15.7. The highest BCUT2D eigenvalue weighted by molar-refractivity contribution is 7.08. The number of methoxy groups -OCH3 is 3. The number of ether oxygens (including phenoxy) is 3. The number of carbonyl (C=O) groups excluding carboxylic acids is 1. The van der Waals surface area contributed by atoms with Crippen LogP contribution in [0.4, 0.5) is 5.69 Å². The van der Waals surface area contributed by atoms with Crippen molar-refractivity contribution in [1.82, 2.24) is 0 Å².